The standard InChI is InChI=1S/C24H25N3/c1-16(2)24(3,21-15-26-22-7-5-4-6-20(21)22)19-11-8-17(9-12-19)18-10-13-23(25)27-14-18/h4-16,26H,1-3H3,(H2,25,27). The van der Waals surface area contributed by atoms with E-state index in [9.17, 15) is 0 Å². The quantitative estimate of drug-likeness (QED) is 0.488. The summed E-state index contributed by atoms with van der Waals surface area (Å²) in [5.74, 6) is 0.989. The number of aromatic amines is 1. The molecule has 0 fully saturated rings. The van der Waals surface area contributed by atoms with Crippen LogP contribution in [0.15, 0.2) is 73.1 Å². The summed E-state index contributed by atoms with van der Waals surface area (Å²) in [5, 5.41) is 1.29. The minimum Gasteiger partial charge on any atom is -0.384 e. The van der Waals surface area contributed by atoms with Crippen LogP contribution in [0.4, 0.5) is 5.82 Å². The van der Waals surface area contributed by atoms with E-state index in [1.807, 2.05) is 18.3 Å². The van der Waals surface area contributed by atoms with Gasteiger partial charge in [0.1, 0.15) is 5.82 Å². The molecule has 0 saturated heterocycles. The van der Waals surface area contributed by atoms with Crippen LogP contribution in [0.3, 0.4) is 0 Å². The fourth-order valence-corrected chi connectivity index (χ4v) is 3.89. The lowest BCUT2D eigenvalue weighted by Crippen LogP contribution is -2.29. The summed E-state index contributed by atoms with van der Waals surface area (Å²) in [6.45, 7) is 6.92. The van der Waals surface area contributed by atoms with E-state index in [1.54, 1.807) is 0 Å². The van der Waals surface area contributed by atoms with Crippen molar-refractivity contribution in [2.75, 3.05) is 5.73 Å². The number of para-hydroxylation sites is 1. The minimum absolute atomic E-state index is 0.0858. The number of nitrogens with one attached hydrogen (secondary N) is 1. The van der Waals surface area contributed by atoms with Gasteiger partial charge in [0.2, 0.25) is 0 Å². The highest BCUT2D eigenvalue weighted by Gasteiger charge is 2.34. The topological polar surface area (TPSA) is 54.7 Å². The summed E-state index contributed by atoms with van der Waals surface area (Å²) in [6.07, 6.45) is 3.99. The van der Waals surface area contributed by atoms with E-state index in [-0.39, 0.29) is 5.41 Å². The minimum atomic E-state index is -0.0858. The number of nitrogens with two attached hydrogens (primary N) is 1. The average Bonchev–Trinajstić information content (AvgIpc) is 3.12. The Morgan fingerprint density at radius 2 is 1.63 bits per heavy atom. The zero-order chi connectivity index (χ0) is 19.0. The molecule has 4 aromatic rings. The van der Waals surface area contributed by atoms with Crippen molar-refractivity contribution in [3.05, 3.63) is 84.2 Å². The lowest BCUT2D eigenvalue weighted by molar-refractivity contribution is 0.408. The van der Waals surface area contributed by atoms with Gasteiger partial charge in [-0.05, 0) is 40.8 Å². The maximum absolute atomic E-state index is 5.70. The Bertz CT molecular complexity index is 1060. The first-order valence-corrected chi connectivity index (χ1v) is 9.39. The summed E-state index contributed by atoms with van der Waals surface area (Å²) < 4.78 is 0. The molecule has 2 aromatic heterocycles. The first-order chi connectivity index (χ1) is 13.0. The number of benzene rings is 2. The molecule has 0 saturated carbocycles. The van der Waals surface area contributed by atoms with E-state index in [0.29, 0.717) is 11.7 Å². The molecule has 27 heavy (non-hydrogen) atoms. The molecule has 0 spiro atoms. The molecule has 2 aromatic carbocycles. The van der Waals surface area contributed by atoms with Gasteiger partial charge in [0, 0.05) is 34.3 Å². The number of rotatable bonds is 4. The first kappa shape index (κ1) is 17.3. The normalized spacial score (nSPS) is 13.8. The summed E-state index contributed by atoms with van der Waals surface area (Å²) in [5.41, 5.74) is 11.7. The summed E-state index contributed by atoms with van der Waals surface area (Å²) in [7, 11) is 0. The second-order valence-electron chi connectivity index (χ2n) is 7.65. The Labute approximate surface area is 160 Å². The number of pyridine rings is 1. The van der Waals surface area contributed by atoms with Crippen LogP contribution < -0.4 is 5.73 Å². The molecule has 136 valence electrons. The van der Waals surface area contributed by atoms with E-state index in [0.717, 1.165) is 11.1 Å². The van der Waals surface area contributed by atoms with E-state index in [4.69, 9.17) is 5.73 Å². The van der Waals surface area contributed by atoms with Gasteiger partial charge >= 0.3 is 0 Å². The Morgan fingerprint density at radius 3 is 2.30 bits per heavy atom. The summed E-state index contributed by atoms with van der Waals surface area (Å²) >= 11 is 0. The van der Waals surface area contributed by atoms with Crippen LogP contribution in [0.5, 0.6) is 0 Å². The van der Waals surface area contributed by atoms with Gasteiger partial charge in [-0.15, -0.1) is 0 Å². The van der Waals surface area contributed by atoms with Crippen LogP contribution >= 0.6 is 0 Å². The van der Waals surface area contributed by atoms with E-state index in [1.165, 1.54) is 22.0 Å². The monoisotopic (exact) mass is 355 g/mol. The highest BCUT2D eigenvalue weighted by Crippen LogP contribution is 2.42. The van der Waals surface area contributed by atoms with Gasteiger partial charge in [0.05, 0.1) is 0 Å². The number of nitrogen functional groups attached to an aromatic ring is 1. The molecular weight excluding hydrogens is 330 g/mol. The molecule has 1 unspecified atom stereocenters. The molecule has 3 nitrogen and oxygen atoms in total. The number of hydrogen-bond acceptors (Lipinski definition) is 2. The molecule has 3 heteroatoms. The van der Waals surface area contributed by atoms with Crippen molar-refractivity contribution in [3.63, 3.8) is 0 Å². The van der Waals surface area contributed by atoms with Crippen LogP contribution in [0.2, 0.25) is 0 Å². The average molecular weight is 355 g/mol. The van der Waals surface area contributed by atoms with Crippen molar-refractivity contribution in [1.29, 1.82) is 0 Å². The Hall–Kier alpha value is -3.07. The molecule has 0 radical (unpaired) electrons. The van der Waals surface area contributed by atoms with Crippen molar-refractivity contribution in [2.45, 2.75) is 26.2 Å². The second kappa shape index (κ2) is 6.58. The molecule has 0 amide bonds. The number of H-pyrrole nitrogens is 1. The van der Waals surface area contributed by atoms with E-state index in [2.05, 4.69) is 85.5 Å². The lowest BCUT2D eigenvalue weighted by Gasteiger charge is -2.35. The van der Waals surface area contributed by atoms with Crippen molar-refractivity contribution >= 4 is 16.7 Å². The zero-order valence-electron chi connectivity index (χ0n) is 16.0. The molecule has 0 aliphatic carbocycles. The third-order valence-electron chi connectivity index (χ3n) is 5.91. The molecule has 4 rings (SSSR count). The molecule has 1 atom stereocenters. The second-order valence-corrected chi connectivity index (χ2v) is 7.65. The van der Waals surface area contributed by atoms with Crippen molar-refractivity contribution in [1.82, 2.24) is 9.97 Å². The number of nitrogens with zero attached hydrogens (tertiary/aromatic N) is 1. The predicted octanol–water partition coefficient (Wildman–Crippen LogP) is 5.77. The Kier molecular flexibility index (Phi) is 4.23. The van der Waals surface area contributed by atoms with Gasteiger partial charge < -0.3 is 10.7 Å². The maximum Gasteiger partial charge on any atom is 0.123 e. The first-order valence-electron chi connectivity index (χ1n) is 9.39. The van der Waals surface area contributed by atoms with Gasteiger partial charge in [0.15, 0.2) is 0 Å². The number of aromatic nitrogens is 2. The number of hydrogen-bond donors (Lipinski definition) is 2. The van der Waals surface area contributed by atoms with Gasteiger partial charge in [-0.25, -0.2) is 4.98 Å². The lowest BCUT2D eigenvalue weighted by atomic mass is 9.68. The largest absolute Gasteiger partial charge is 0.384 e. The smallest absolute Gasteiger partial charge is 0.123 e. The van der Waals surface area contributed by atoms with Gasteiger partial charge in [-0.2, -0.15) is 0 Å². The molecule has 0 bridgehead atoms. The van der Waals surface area contributed by atoms with Crippen LogP contribution in [0, 0.1) is 5.92 Å². The highest BCUT2D eigenvalue weighted by atomic mass is 14.8. The molecule has 0 aliphatic rings. The van der Waals surface area contributed by atoms with Crippen LogP contribution in [-0.2, 0) is 5.41 Å². The SMILES string of the molecule is CC(C)C(C)(c1ccc(-c2ccc(N)nc2)cc1)c1c[nH]c2ccccc12. The fourth-order valence-electron chi connectivity index (χ4n) is 3.89. The maximum atomic E-state index is 5.70. The van der Waals surface area contributed by atoms with Gasteiger partial charge in [0.25, 0.3) is 0 Å². The third kappa shape index (κ3) is 2.89. The van der Waals surface area contributed by atoms with E-state index >= 15 is 0 Å². The molecule has 2 heterocycles. The number of anilines is 1. The van der Waals surface area contributed by atoms with Crippen molar-refractivity contribution in [3.8, 4) is 11.1 Å². The van der Waals surface area contributed by atoms with Crippen LogP contribution in [-0.4, -0.2) is 9.97 Å². The number of fused-ring (bicyclic) bond motifs is 1. The molecule has 3 N–H and O–H groups in total. The Balaban J connectivity index is 1.79. The summed E-state index contributed by atoms with van der Waals surface area (Å²) in [6, 6.07) is 21.2. The van der Waals surface area contributed by atoms with Gasteiger partial charge in [-0.1, -0.05) is 63.2 Å². The Morgan fingerprint density at radius 1 is 0.926 bits per heavy atom. The van der Waals surface area contributed by atoms with Crippen LogP contribution in [0.25, 0.3) is 22.0 Å². The summed E-state index contributed by atoms with van der Waals surface area (Å²) in [4.78, 5) is 7.64. The molecular formula is C24H25N3. The fraction of sp³-hybridized carbons (Fsp3) is 0.208. The predicted molar refractivity (Wildman–Crippen MR) is 114 cm³/mol. The zero-order valence-corrected chi connectivity index (χ0v) is 16.0. The van der Waals surface area contributed by atoms with Crippen molar-refractivity contribution < 1.29 is 0 Å². The third-order valence-corrected chi connectivity index (χ3v) is 5.91. The van der Waals surface area contributed by atoms with Crippen LogP contribution in [0.1, 0.15) is 31.9 Å². The highest BCUT2D eigenvalue weighted by molar-refractivity contribution is 5.85. The van der Waals surface area contributed by atoms with E-state index < -0.39 is 0 Å². The molecule has 0 aliphatic heterocycles. The van der Waals surface area contributed by atoms with Crippen molar-refractivity contribution in [2.24, 2.45) is 5.92 Å². The van der Waals surface area contributed by atoms with Gasteiger partial charge in [-0.3, -0.25) is 0 Å².